The number of anilines is 1. The summed E-state index contributed by atoms with van der Waals surface area (Å²) in [5.74, 6) is 0.708. The molecule has 3 rings (SSSR count). The first kappa shape index (κ1) is 17.5. The van der Waals surface area contributed by atoms with Crippen molar-refractivity contribution in [1.29, 1.82) is 0 Å². The van der Waals surface area contributed by atoms with Crippen molar-refractivity contribution in [2.45, 2.75) is 23.8 Å². The lowest BCUT2D eigenvalue weighted by Crippen LogP contribution is -2.39. The summed E-state index contributed by atoms with van der Waals surface area (Å²) in [6.45, 7) is 2.44. The predicted molar refractivity (Wildman–Crippen MR) is 99.9 cm³/mol. The number of aromatic nitrogens is 3. The van der Waals surface area contributed by atoms with Crippen LogP contribution >= 0.6 is 35.3 Å². The number of hydrogen-bond acceptors (Lipinski definition) is 7. The first-order chi connectivity index (χ1) is 11.7. The largest absolute Gasteiger partial charge is 0.310 e. The summed E-state index contributed by atoms with van der Waals surface area (Å²) >= 11 is 8.51. The summed E-state index contributed by atoms with van der Waals surface area (Å²) in [4.78, 5) is 18.8. The van der Waals surface area contributed by atoms with E-state index in [4.69, 9.17) is 12.2 Å². The Bertz CT molecular complexity index is 737. The lowest BCUT2D eigenvalue weighted by atomic mass is 9.96. The van der Waals surface area contributed by atoms with Gasteiger partial charge in [-0.15, -0.1) is 0 Å². The van der Waals surface area contributed by atoms with E-state index in [-0.39, 0.29) is 11.8 Å². The van der Waals surface area contributed by atoms with E-state index in [9.17, 15) is 4.79 Å². The number of pyridine rings is 1. The molecule has 0 radical (unpaired) electrons. The second-order valence-electron chi connectivity index (χ2n) is 5.58. The highest BCUT2D eigenvalue weighted by atomic mass is 32.2. The standard InChI is InChI=1S/C15H19N5OS3/c1-23-14-18-20(15(22)24-14)10-19-8-5-11(6-9-19)13(21)17-12-4-2-3-7-16-12/h2-4,7,11H,5-6,8-10H2,1H3,(H,16,17,21). The van der Waals surface area contributed by atoms with E-state index in [1.165, 1.54) is 0 Å². The van der Waals surface area contributed by atoms with Crippen molar-refractivity contribution in [3.8, 4) is 0 Å². The third-order valence-electron chi connectivity index (χ3n) is 3.97. The van der Waals surface area contributed by atoms with Crippen LogP contribution in [0.2, 0.25) is 0 Å². The number of carbonyl (C=O) groups excluding carboxylic acids is 1. The highest BCUT2D eigenvalue weighted by Gasteiger charge is 2.25. The molecule has 0 atom stereocenters. The van der Waals surface area contributed by atoms with Crippen LogP contribution in [0.5, 0.6) is 0 Å². The summed E-state index contributed by atoms with van der Waals surface area (Å²) in [5.41, 5.74) is 0. The van der Waals surface area contributed by atoms with Crippen molar-refractivity contribution in [3.63, 3.8) is 0 Å². The molecule has 0 bridgehead atoms. The zero-order chi connectivity index (χ0) is 16.9. The minimum atomic E-state index is 0.0356. The average Bonchev–Trinajstić information content (AvgIpc) is 2.96. The fourth-order valence-electron chi connectivity index (χ4n) is 2.65. The number of thioether (sulfide) groups is 1. The molecule has 0 aliphatic carbocycles. The Morgan fingerprint density at radius 3 is 2.88 bits per heavy atom. The van der Waals surface area contributed by atoms with Crippen LogP contribution in [0, 0.1) is 9.87 Å². The molecule has 1 saturated heterocycles. The number of nitrogens with one attached hydrogen (secondary N) is 1. The molecule has 2 aromatic heterocycles. The lowest BCUT2D eigenvalue weighted by molar-refractivity contribution is -0.121. The fourth-order valence-corrected chi connectivity index (χ4v) is 4.39. The smallest absolute Gasteiger partial charge is 0.228 e. The Labute approximate surface area is 154 Å². The van der Waals surface area contributed by atoms with Crippen LogP contribution in [-0.2, 0) is 11.5 Å². The maximum Gasteiger partial charge on any atom is 0.228 e. The molecule has 0 spiro atoms. The minimum absolute atomic E-state index is 0.0356. The first-order valence-corrected chi connectivity index (χ1v) is 10.2. The molecule has 128 valence electrons. The molecule has 1 aliphatic rings. The molecule has 1 fully saturated rings. The Morgan fingerprint density at radius 1 is 1.46 bits per heavy atom. The van der Waals surface area contributed by atoms with Crippen LogP contribution in [0.3, 0.4) is 0 Å². The van der Waals surface area contributed by atoms with Gasteiger partial charge in [0.05, 0.1) is 6.67 Å². The van der Waals surface area contributed by atoms with Crippen molar-refractivity contribution in [3.05, 3.63) is 28.4 Å². The Hall–Kier alpha value is -1.29. The number of likely N-dealkylation sites (tertiary alicyclic amines) is 1. The normalized spacial score (nSPS) is 16.2. The number of carbonyl (C=O) groups is 1. The Kier molecular flexibility index (Phi) is 5.99. The molecule has 1 N–H and O–H groups in total. The van der Waals surface area contributed by atoms with Gasteiger partial charge >= 0.3 is 0 Å². The van der Waals surface area contributed by atoms with Crippen molar-refractivity contribution in [2.75, 3.05) is 24.7 Å². The van der Waals surface area contributed by atoms with Gasteiger partial charge in [-0.3, -0.25) is 9.69 Å². The van der Waals surface area contributed by atoms with Crippen LogP contribution in [-0.4, -0.2) is 44.9 Å². The van der Waals surface area contributed by atoms with Crippen molar-refractivity contribution >= 4 is 47.0 Å². The van der Waals surface area contributed by atoms with Crippen molar-refractivity contribution < 1.29 is 4.79 Å². The van der Waals surface area contributed by atoms with E-state index < -0.39 is 0 Å². The van der Waals surface area contributed by atoms with Gasteiger partial charge in [0.25, 0.3) is 0 Å². The third kappa shape index (κ3) is 4.41. The molecule has 6 nitrogen and oxygen atoms in total. The monoisotopic (exact) mass is 381 g/mol. The van der Waals surface area contributed by atoms with E-state index in [0.717, 1.165) is 34.2 Å². The molecule has 24 heavy (non-hydrogen) atoms. The molecule has 0 unspecified atom stereocenters. The number of piperidine rings is 1. The quantitative estimate of drug-likeness (QED) is 0.634. The van der Waals surface area contributed by atoms with Crippen molar-refractivity contribution in [1.82, 2.24) is 19.7 Å². The van der Waals surface area contributed by atoms with E-state index >= 15 is 0 Å². The summed E-state index contributed by atoms with van der Waals surface area (Å²) < 4.78 is 3.67. The molecule has 3 heterocycles. The van der Waals surface area contributed by atoms with Gasteiger partial charge in [0.2, 0.25) is 5.91 Å². The Morgan fingerprint density at radius 2 is 2.25 bits per heavy atom. The van der Waals surface area contributed by atoms with E-state index in [0.29, 0.717) is 12.5 Å². The molecule has 1 amide bonds. The lowest BCUT2D eigenvalue weighted by Gasteiger charge is -2.30. The van der Waals surface area contributed by atoms with Gasteiger partial charge in [0, 0.05) is 25.2 Å². The molecule has 0 saturated carbocycles. The molecule has 2 aromatic rings. The molecular weight excluding hydrogens is 362 g/mol. The average molecular weight is 382 g/mol. The second kappa shape index (κ2) is 8.19. The van der Waals surface area contributed by atoms with Gasteiger partial charge in [0.1, 0.15) is 5.82 Å². The van der Waals surface area contributed by atoms with Crippen LogP contribution in [0.1, 0.15) is 12.8 Å². The Balaban J connectivity index is 1.51. The van der Waals surface area contributed by atoms with E-state index in [1.807, 2.05) is 23.1 Å². The van der Waals surface area contributed by atoms with Gasteiger partial charge in [-0.05, 0) is 43.4 Å². The molecule has 1 aliphatic heterocycles. The van der Waals surface area contributed by atoms with Crippen molar-refractivity contribution in [2.24, 2.45) is 5.92 Å². The highest BCUT2D eigenvalue weighted by Crippen LogP contribution is 2.22. The zero-order valence-electron chi connectivity index (χ0n) is 13.3. The molecular formula is C15H19N5OS3. The SMILES string of the molecule is CSc1nn(CN2CCC(C(=O)Nc3ccccn3)CC2)c(=S)s1. The maximum absolute atomic E-state index is 12.3. The molecule has 9 heteroatoms. The van der Waals surface area contributed by atoms with Gasteiger partial charge in [-0.1, -0.05) is 29.2 Å². The van der Waals surface area contributed by atoms with E-state index in [1.54, 1.807) is 35.4 Å². The predicted octanol–water partition coefficient (Wildman–Crippen LogP) is 3.10. The number of amides is 1. The second-order valence-corrected chi connectivity index (χ2v) is 8.25. The van der Waals surface area contributed by atoms with Gasteiger partial charge < -0.3 is 5.32 Å². The first-order valence-electron chi connectivity index (χ1n) is 7.72. The maximum atomic E-state index is 12.3. The highest BCUT2D eigenvalue weighted by molar-refractivity contribution is 8.00. The summed E-state index contributed by atoms with van der Waals surface area (Å²) in [6, 6.07) is 5.51. The summed E-state index contributed by atoms with van der Waals surface area (Å²) in [6.07, 6.45) is 5.36. The summed E-state index contributed by atoms with van der Waals surface area (Å²) in [7, 11) is 0. The number of rotatable bonds is 5. The fraction of sp³-hybridized carbons (Fsp3) is 0.467. The van der Waals surface area contributed by atoms with Gasteiger partial charge in [-0.2, -0.15) is 5.10 Å². The third-order valence-corrected chi connectivity index (χ3v) is 6.25. The van der Waals surface area contributed by atoms with Crippen LogP contribution < -0.4 is 5.32 Å². The van der Waals surface area contributed by atoms with Crippen LogP contribution in [0.15, 0.2) is 28.7 Å². The number of hydrogen-bond donors (Lipinski definition) is 1. The van der Waals surface area contributed by atoms with Gasteiger partial charge in [0.15, 0.2) is 8.29 Å². The van der Waals surface area contributed by atoms with Crippen LogP contribution in [0.4, 0.5) is 5.82 Å². The molecule has 0 aromatic carbocycles. The van der Waals surface area contributed by atoms with E-state index in [2.05, 4.69) is 20.3 Å². The summed E-state index contributed by atoms with van der Waals surface area (Å²) in [5, 5.41) is 7.39. The van der Waals surface area contributed by atoms with Crippen LogP contribution in [0.25, 0.3) is 0 Å². The minimum Gasteiger partial charge on any atom is -0.310 e. The topological polar surface area (TPSA) is 63.1 Å². The van der Waals surface area contributed by atoms with Gasteiger partial charge in [-0.25, -0.2) is 9.67 Å². The zero-order valence-corrected chi connectivity index (χ0v) is 15.8. The number of nitrogens with zero attached hydrogens (tertiary/aromatic N) is 4.